The summed E-state index contributed by atoms with van der Waals surface area (Å²) in [5, 5.41) is -0.732. The van der Waals surface area contributed by atoms with E-state index < -0.39 is 5.37 Å². The molecule has 86 valence electrons. The molecule has 3 nitrogen and oxygen atoms in total. The molecular weight excluding hydrogens is 226 g/mol. The number of rotatable bonds is 4. The van der Waals surface area contributed by atoms with Crippen molar-refractivity contribution in [1.82, 2.24) is 4.90 Å². The molecule has 0 bridgehead atoms. The van der Waals surface area contributed by atoms with Crippen molar-refractivity contribution in [2.24, 2.45) is 0 Å². The van der Waals surface area contributed by atoms with Crippen molar-refractivity contribution in [3.63, 3.8) is 0 Å². The minimum Gasteiger partial charge on any atom is -0.274 e. The second-order valence-corrected chi connectivity index (χ2v) is 3.87. The SMILES string of the molecule is CN(C(=O)Cl)C(=O)CCCc1ccccc1. The largest absolute Gasteiger partial charge is 0.322 e. The first kappa shape index (κ1) is 12.7. The molecule has 0 unspecified atom stereocenters. The van der Waals surface area contributed by atoms with Crippen LogP contribution in [0.5, 0.6) is 0 Å². The van der Waals surface area contributed by atoms with Gasteiger partial charge in [0.25, 0.3) is 0 Å². The van der Waals surface area contributed by atoms with Crippen LogP contribution in [0.25, 0.3) is 0 Å². The highest BCUT2D eigenvalue weighted by Crippen LogP contribution is 2.06. The summed E-state index contributed by atoms with van der Waals surface area (Å²) in [5.74, 6) is -0.240. The van der Waals surface area contributed by atoms with Crippen LogP contribution in [0.2, 0.25) is 0 Å². The number of nitrogens with zero attached hydrogens (tertiary/aromatic N) is 1. The molecule has 0 atom stereocenters. The molecule has 1 aromatic rings. The molecule has 0 N–H and O–H groups in total. The highest BCUT2D eigenvalue weighted by Gasteiger charge is 2.13. The van der Waals surface area contributed by atoms with Gasteiger partial charge < -0.3 is 0 Å². The predicted molar refractivity (Wildman–Crippen MR) is 63.4 cm³/mol. The van der Waals surface area contributed by atoms with E-state index in [4.69, 9.17) is 11.6 Å². The summed E-state index contributed by atoms with van der Waals surface area (Å²) in [6.45, 7) is 0. The summed E-state index contributed by atoms with van der Waals surface area (Å²) in [5.41, 5.74) is 1.19. The fourth-order valence-electron chi connectivity index (χ4n) is 1.35. The average molecular weight is 240 g/mol. The third-order valence-electron chi connectivity index (χ3n) is 2.34. The normalized spacial score (nSPS) is 9.88. The Morgan fingerprint density at radius 2 is 1.88 bits per heavy atom. The molecule has 0 aliphatic heterocycles. The Kier molecular flexibility index (Phi) is 4.99. The lowest BCUT2D eigenvalue weighted by Gasteiger charge is -2.10. The Balaban J connectivity index is 2.31. The van der Waals surface area contributed by atoms with Crippen molar-refractivity contribution >= 4 is 22.9 Å². The Morgan fingerprint density at radius 1 is 1.25 bits per heavy atom. The van der Waals surface area contributed by atoms with Crippen LogP contribution in [-0.2, 0) is 11.2 Å². The van der Waals surface area contributed by atoms with Crippen molar-refractivity contribution in [1.29, 1.82) is 0 Å². The first-order valence-electron chi connectivity index (χ1n) is 5.11. The van der Waals surface area contributed by atoms with E-state index in [0.29, 0.717) is 6.42 Å². The molecule has 0 heterocycles. The van der Waals surface area contributed by atoms with Crippen LogP contribution in [0.3, 0.4) is 0 Å². The number of carbonyl (C=O) groups is 2. The second kappa shape index (κ2) is 6.28. The summed E-state index contributed by atoms with van der Waals surface area (Å²) in [6.07, 6.45) is 1.89. The molecule has 0 aliphatic carbocycles. The molecule has 0 radical (unpaired) electrons. The Morgan fingerprint density at radius 3 is 2.44 bits per heavy atom. The van der Waals surface area contributed by atoms with Crippen molar-refractivity contribution in [2.75, 3.05) is 7.05 Å². The van der Waals surface area contributed by atoms with Gasteiger partial charge in [-0.25, -0.2) is 0 Å². The molecule has 0 fully saturated rings. The molecule has 0 aliphatic rings. The minimum absolute atomic E-state index is 0.240. The van der Waals surface area contributed by atoms with Crippen molar-refractivity contribution in [3.05, 3.63) is 35.9 Å². The highest BCUT2D eigenvalue weighted by atomic mass is 35.5. The van der Waals surface area contributed by atoms with Gasteiger partial charge in [0, 0.05) is 13.5 Å². The van der Waals surface area contributed by atoms with Gasteiger partial charge in [0.05, 0.1) is 0 Å². The number of amides is 2. The van der Waals surface area contributed by atoms with Crippen LogP contribution < -0.4 is 0 Å². The third-order valence-corrected chi connectivity index (χ3v) is 2.59. The fraction of sp³-hybridized carbons (Fsp3) is 0.333. The maximum absolute atomic E-state index is 11.4. The highest BCUT2D eigenvalue weighted by molar-refractivity contribution is 6.63. The number of hydrogen-bond donors (Lipinski definition) is 0. The summed E-state index contributed by atoms with van der Waals surface area (Å²) in [4.78, 5) is 23.0. The lowest BCUT2D eigenvalue weighted by Crippen LogP contribution is -2.28. The first-order valence-corrected chi connectivity index (χ1v) is 5.49. The van der Waals surface area contributed by atoms with Gasteiger partial charge in [0.1, 0.15) is 0 Å². The maximum atomic E-state index is 11.4. The van der Waals surface area contributed by atoms with Gasteiger partial charge in [0.15, 0.2) is 0 Å². The van der Waals surface area contributed by atoms with Crippen molar-refractivity contribution in [3.8, 4) is 0 Å². The predicted octanol–water partition coefficient (Wildman–Crippen LogP) is 2.83. The Labute approximate surface area is 100 Å². The molecule has 0 saturated heterocycles. The van der Waals surface area contributed by atoms with Crippen LogP contribution in [0.15, 0.2) is 30.3 Å². The smallest absolute Gasteiger partial charge is 0.274 e. The first-order chi connectivity index (χ1) is 7.61. The Hall–Kier alpha value is -1.35. The zero-order valence-electron chi connectivity index (χ0n) is 9.15. The fourth-order valence-corrected chi connectivity index (χ4v) is 1.45. The van der Waals surface area contributed by atoms with E-state index in [1.165, 1.54) is 12.6 Å². The Bertz CT molecular complexity index is 365. The van der Waals surface area contributed by atoms with E-state index in [2.05, 4.69) is 0 Å². The van der Waals surface area contributed by atoms with Crippen LogP contribution >= 0.6 is 11.6 Å². The number of imide groups is 1. The lowest BCUT2D eigenvalue weighted by molar-refractivity contribution is -0.126. The summed E-state index contributed by atoms with van der Waals surface area (Å²) < 4.78 is 0. The van der Waals surface area contributed by atoms with Crippen LogP contribution in [0.1, 0.15) is 18.4 Å². The van der Waals surface area contributed by atoms with Gasteiger partial charge in [0.2, 0.25) is 5.91 Å². The topological polar surface area (TPSA) is 37.4 Å². The molecule has 2 amide bonds. The van der Waals surface area contributed by atoms with E-state index in [1.54, 1.807) is 0 Å². The molecule has 0 saturated carbocycles. The van der Waals surface area contributed by atoms with Gasteiger partial charge in [-0.05, 0) is 30.0 Å². The van der Waals surface area contributed by atoms with E-state index in [9.17, 15) is 9.59 Å². The van der Waals surface area contributed by atoms with E-state index in [0.717, 1.165) is 17.7 Å². The number of hydrogen-bond acceptors (Lipinski definition) is 2. The van der Waals surface area contributed by atoms with Crippen LogP contribution in [0, 0.1) is 0 Å². The minimum atomic E-state index is -0.732. The van der Waals surface area contributed by atoms with E-state index in [1.807, 2.05) is 30.3 Å². The summed E-state index contributed by atoms with van der Waals surface area (Å²) in [6, 6.07) is 9.91. The number of carbonyl (C=O) groups excluding carboxylic acids is 2. The number of halogens is 1. The zero-order valence-corrected chi connectivity index (χ0v) is 9.91. The third kappa shape index (κ3) is 4.03. The summed E-state index contributed by atoms with van der Waals surface area (Å²) in [7, 11) is 1.39. The van der Waals surface area contributed by atoms with E-state index in [-0.39, 0.29) is 5.91 Å². The molecule has 0 aromatic heterocycles. The second-order valence-electron chi connectivity index (χ2n) is 3.54. The number of benzene rings is 1. The quantitative estimate of drug-likeness (QED) is 0.599. The van der Waals surface area contributed by atoms with Gasteiger partial charge in [-0.2, -0.15) is 0 Å². The molecule has 4 heteroatoms. The van der Waals surface area contributed by atoms with E-state index >= 15 is 0 Å². The molecule has 1 rings (SSSR count). The van der Waals surface area contributed by atoms with Gasteiger partial charge in [-0.1, -0.05) is 30.3 Å². The molecule has 1 aromatic carbocycles. The number of aryl methyl sites for hydroxylation is 1. The molecule has 16 heavy (non-hydrogen) atoms. The van der Waals surface area contributed by atoms with Gasteiger partial charge >= 0.3 is 5.37 Å². The zero-order chi connectivity index (χ0) is 12.0. The monoisotopic (exact) mass is 239 g/mol. The van der Waals surface area contributed by atoms with Crippen molar-refractivity contribution in [2.45, 2.75) is 19.3 Å². The van der Waals surface area contributed by atoms with Crippen molar-refractivity contribution < 1.29 is 9.59 Å². The average Bonchev–Trinajstić information content (AvgIpc) is 2.29. The molecular formula is C12H14ClNO2. The molecule has 0 spiro atoms. The maximum Gasteiger partial charge on any atom is 0.322 e. The van der Waals surface area contributed by atoms with Gasteiger partial charge in [-0.3, -0.25) is 14.5 Å². The standard InChI is InChI=1S/C12H14ClNO2/c1-14(12(13)16)11(15)9-5-8-10-6-3-2-4-7-10/h2-4,6-7H,5,8-9H2,1H3. The summed E-state index contributed by atoms with van der Waals surface area (Å²) >= 11 is 5.19. The lowest BCUT2D eigenvalue weighted by atomic mass is 10.1. The van der Waals surface area contributed by atoms with Crippen LogP contribution in [0.4, 0.5) is 4.79 Å². The van der Waals surface area contributed by atoms with Crippen LogP contribution in [-0.4, -0.2) is 23.2 Å². The van der Waals surface area contributed by atoms with Gasteiger partial charge in [-0.15, -0.1) is 0 Å².